The van der Waals surface area contributed by atoms with Gasteiger partial charge in [-0.2, -0.15) is 0 Å². The van der Waals surface area contributed by atoms with E-state index < -0.39 is 12.0 Å². The molecule has 1 amide bonds. The van der Waals surface area contributed by atoms with Crippen LogP contribution in [0.3, 0.4) is 0 Å². The van der Waals surface area contributed by atoms with Crippen LogP contribution in [0, 0.1) is 0 Å². The average molecular weight is 323 g/mol. The van der Waals surface area contributed by atoms with E-state index in [9.17, 15) is 14.7 Å². The SMILES string of the molecule is CCC1SCC(C(=O)O)N1C(=O)C1Cc2ccccc2S1. The molecule has 2 aliphatic rings. The van der Waals surface area contributed by atoms with Gasteiger partial charge in [0.15, 0.2) is 0 Å². The van der Waals surface area contributed by atoms with Crippen molar-refractivity contribution in [3.05, 3.63) is 29.8 Å². The highest BCUT2D eigenvalue weighted by atomic mass is 32.2. The highest BCUT2D eigenvalue weighted by Gasteiger charge is 2.44. The number of amides is 1. The standard InChI is InChI=1S/C15H17NO3S2/c1-2-13-16(10(8-20-13)15(18)19)14(17)12-7-9-5-3-4-6-11(9)21-12/h3-6,10,12-13H,2,7-8H2,1H3,(H,18,19). The van der Waals surface area contributed by atoms with Crippen molar-refractivity contribution in [3.63, 3.8) is 0 Å². The van der Waals surface area contributed by atoms with Gasteiger partial charge < -0.3 is 10.0 Å². The van der Waals surface area contributed by atoms with E-state index in [-0.39, 0.29) is 16.5 Å². The molecule has 6 heteroatoms. The Labute approximate surface area is 132 Å². The maximum Gasteiger partial charge on any atom is 0.327 e. The van der Waals surface area contributed by atoms with Crippen LogP contribution in [0.5, 0.6) is 0 Å². The first-order chi connectivity index (χ1) is 10.1. The third-order valence-corrected chi connectivity index (χ3v) is 6.66. The number of hydrogen-bond donors (Lipinski definition) is 1. The van der Waals surface area contributed by atoms with E-state index >= 15 is 0 Å². The zero-order valence-corrected chi connectivity index (χ0v) is 13.3. The van der Waals surface area contributed by atoms with Crippen LogP contribution >= 0.6 is 23.5 Å². The number of nitrogens with zero attached hydrogens (tertiary/aromatic N) is 1. The quantitative estimate of drug-likeness (QED) is 0.926. The number of benzene rings is 1. The molecule has 0 aromatic heterocycles. The number of thioether (sulfide) groups is 2. The van der Waals surface area contributed by atoms with Gasteiger partial charge in [0.25, 0.3) is 0 Å². The molecule has 0 spiro atoms. The number of carboxylic acid groups (broad SMARTS) is 1. The molecule has 2 aliphatic heterocycles. The third-order valence-electron chi connectivity index (χ3n) is 3.90. The van der Waals surface area contributed by atoms with Gasteiger partial charge in [0.05, 0.1) is 10.6 Å². The van der Waals surface area contributed by atoms with Crippen LogP contribution in [-0.4, -0.2) is 44.3 Å². The van der Waals surface area contributed by atoms with Crippen molar-refractivity contribution in [1.29, 1.82) is 0 Å². The molecule has 0 aliphatic carbocycles. The fourth-order valence-electron chi connectivity index (χ4n) is 2.85. The molecule has 21 heavy (non-hydrogen) atoms. The largest absolute Gasteiger partial charge is 0.480 e. The third kappa shape index (κ3) is 2.66. The van der Waals surface area contributed by atoms with Crippen molar-refractivity contribution >= 4 is 35.4 Å². The first kappa shape index (κ1) is 14.8. The highest BCUT2D eigenvalue weighted by Crippen LogP contribution is 2.40. The Morgan fingerprint density at radius 3 is 2.81 bits per heavy atom. The van der Waals surface area contributed by atoms with E-state index in [1.807, 2.05) is 31.2 Å². The predicted molar refractivity (Wildman–Crippen MR) is 84.6 cm³/mol. The van der Waals surface area contributed by atoms with Gasteiger partial charge in [0.2, 0.25) is 5.91 Å². The van der Waals surface area contributed by atoms with Gasteiger partial charge in [-0.15, -0.1) is 23.5 Å². The predicted octanol–water partition coefficient (Wildman–Crippen LogP) is 2.47. The van der Waals surface area contributed by atoms with Crippen molar-refractivity contribution < 1.29 is 14.7 Å². The summed E-state index contributed by atoms with van der Waals surface area (Å²) in [5, 5.41) is 9.15. The Kier molecular flexibility index (Phi) is 4.17. The Hall–Kier alpha value is -1.14. The number of carbonyl (C=O) groups is 2. The van der Waals surface area contributed by atoms with Crippen LogP contribution in [0.1, 0.15) is 18.9 Å². The molecule has 4 nitrogen and oxygen atoms in total. The topological polar surface area (TPSA) is 57.6 Å². The normalized spacial score (nSPS) is 27.7. The Bertz CT molecular complexity index is 553. The molecular formula is C15H17NO3S2. The summed E-state index contributed by atoms with van der Waals surface area (Å²) in [5.74, 6) is -0.433. The number of rotatable bonds is 3. The molecular weight excluding hydrogens is 306 g/mol. The fraction of sp³-hybridized carbons (Fsp3) is 0.467. The summed E-state index contributed by atoms with van der Waals surface area (Å²) in [4.78, 5) is 27.0. The van der Waals surface area contributed by atoms with Crippen LogP contribution in [0.2, 0.25) is 0 Å². The molecule has 0 bridgehead atoms. The molecule has 0 radical (unpaired) electrons. The van der Waals surface area contributed by atoms with Crippen molar-refractivity contribution in [1.82, 2.24) is 4.90 Å². The minimum Gasteiger partial charge on any atom is -0.480 e. The molecule has 3 rings (SSSR count). The number of carboxylic acids is 1. The first-order valence-corrected chi connectivity index (χ1v) is 8.95. The van der Waals surface area contributed by atoms with Crippen molar-refractivity contribution in [2.24, 2.45) is 0 Å². The molecule has 0 saturated carbocycles. The number of aliphatic carboxylic acids is 1. The molecule has 1 aromatic rings. The lowest BCUT2D eigenvalue weighted by Gasteiger charge is -2.28. The summed E-state index contributed by atoms with van der Waals surface area (Å²) >= 11 is 3.14. The number of fused-ring (bicyclic) bond motifs is 1. The zero-order valence-electron chi connectivity index (χ0n) is 11.7. The zero-order chi connectivity index (χ0) is 15.0. The van der Waals surface area contributed by atoms with Crippen LogP contribution in [0.15, 0.2) is 29.2 Å². The summed E-state index contributed by atoms with van der Waals surface area (Å²) in [6.45, 7) is 2.00. The molecule has 3 atom stereocenters. The van der Waals surface area contributed by atoms with Gasteiger partial charge >= 0.3 is 5.97 Å². The van der Waals surface area contributed by atoms with Gasteiger partial charge in [-0.25, -0.2) is 4.79 Å². The van der Waals surface area contributed by atoms with E-state index in [1.165, 1.54) is 5.56 Å². The fourth-order valence-corrected chi connectivity index (χ4v) is 5.46. The van der Waals surface area contributed by atoms with Crippen LogP contribution in [-0.2, 0) is 16.0 Å². The summed E-state index contributed by atoms with van der Waals surface area (Å²) in [7, 11) is 0. The summed E-state index contributed by atoms with van der Waals surface area (Å²) in [6.07, 6.45) is 1.48. The summed E-state index contributed by atoms with van der Waals surface area (Å²) in [6, 6.07) is 7.33. The molecule has 1 N–H and O–H groups in total. The van der Waals surface area contributed by atoms with E-state index in [0.717, 1.165) is 11.3 Å². The van der Waals surface area contributed by atoms with Crippen molar-refractivity contribution in [2.45, 2.75) is 41.3 Å². The monoisotopic (exact) mass is 323 g/mol. The molecule has 1 fully saturated rings. The summed E-state index contributed by atoms with van der Waals surface area (Å²) < 4.78 is 0. The van der Waals surface area contributed by atoms with Crippen molar-refractivity contribution in [2.75, 3.05) is 5.75 Å². The van der Waals surface area contributed by atoms with Gasteiger partial charge in [0, 0.05) is 10.6 Å². The van der Waals surface area contributed by atoms with Crippen LogP contribution in [0.4, 0.5) is 0 Å². The Balaban J connectivity index is 1.80. The van der Waals surface area contributed by atoms with Gasteiger partial charge in [-0.05, 0) is 24.5 Å². The van der Waals surface area contributed by atoms with Crippen LogP contribution in [0.25, 0.3) is 0 Å². The lowest BCUT2D eigenvalue weighted by atomic mass is 10.1. The molecule has 3 unspecified atom stereocenters. The highest BCUT2D eigenvalue weighted by molar-refractivity contribution is 8.01. The maximum absolute atomic E-state index is 12.8. The van der Waals surface area contributed by atoms with E-state index in [0.29, 0.717) is 12.2 Å². The Morgan fingerprint density at radius 2 is 2.14 bits per heavy atom. The van der Waals surface area contributed by atoms with Crippen LogP contribution < -0.4 is 0 Å². The van der Waals surface area contributed by atoms with Gasteiger partial charge in [0.1, 0.15) is 6.04 Å². The second-order valence-corrected chi connectivity index (χ2v) is 7.67. The first-order valence-electron chi connectivity index (χ1n) is 7.03. The minimum atomic E-state index is -0.896. The Morgan fingerprint density at radius 1 is 1.38 bits per heavy atom. The molecule has 112 valence electrons. The minimum absolute atomic E-state index is 0.0112. The number of hydrogen-bond acceptors (Lipinski definition) is 4. The average Bonchev–Trinajstić information content (AvgIpc) is 3.09. The lowest BCUT2D eigenvalue weighted by Crippen LogP contribution is -2.48. The lowest BCUT2D eigenvalue weighted by molar-refractivity contribution is -0.148. The second-order valence-electron chi connectivity index (χ2n) is 5.21. The smallest absolute Gasteiger partial charge is 0.327 e. The molecule has 1 saturated heterocycles. The number of carbonyl (C=O) groups excluding carboxylic acids is 1. The van der Waals surface area contributed by atoms with E-state index in [4.69, 9.17) is 0 Å². The van der Waals surface area contributed by atoms with E-state index in [1.54, 1.807) is 28.4 Å². The van der Waals surface area contributed by atoms with Gasteiger partial charge in [-0.1, -0.05) is 25.1 Å². The van der Waals surface area contributed by atoms with E-state index in [2.05, 4.69) is 0 Å². The molecule has 2 heterocycles. The second kappa shape index (κ2) is 5.93. The molecule has 1 aromatic carbocycles. The van der Waals surface area contributed by atoms with Crippen molar-refractivity contribution in [3.8, 4) is 0 Å². The maximum atomic E-state index is 12.8. The summed E-state index contributed by atoms with van der Waals surface area (Å²) in [5.41, 5.74) is 1.19. The van der Waals surface area contributed by atoms with Gasteiger partial charge in [-0.3, -0.25) is 4.79 Å².